The number of anilines is 1. The van der Waals surface area contributed by atoms with E-state index in [0.29, 0.717) is 22.7 Å². The molecule has 0 fully saturated rings. The molecule has 1 amide bonds. The van der Waals surface area contributed by atoms with Gasteiger partial charge in [-0.25, -0.2) is 8.42 Å². The number of para-hydroxylation sites is 1. The van der Waals surface area contributed by atoms with Gasteiger partial charge >= 0.3 is 0 Å². The molecule has 0 bridgehead atoms. The average Bonchev–Trinajstić information content (AvgIpc) is 2.96. The third-order valence-electron chi connectivity index (χ3n) is 3.82. The molecule has 0 radical (unpaired) electrons. The summed E-state index contributed by atoms with van der Waals surface area (Å²) < 4.78 is 31.2. The monoisotopic (exact) mass is 365 g/mol. The highest BCUT2D eigenvalue weighted by Gasteiger charge is 2.23. The van der Waals surface area contributed by atoms with E-state index in [2.05, 4.69) is 10.5 Å². The highest BCUT2D eigenvalue weighted by Crippen LogP contribution is 2.22. The average molecular weight is 365 g/mol. The third kappa shape index (κ3) is 4.39. The number of benzene rings is 1. The molecular weight excluding hydrogens is 342 g/mol. The Morgan fingerprint density at radius 3 is 2.52 bits per heavy atom. The van der Waals surface area contributed by atoms with Gasteiger partial charge in [-0.2, -0.15) is 0 Å². The quantitative estimate of drug-likeness (QED) is 0.813. The van der Waals surface area contributed by atoms with Crippen LogP contribution in [0.15, 0.2) is 34.9 Å². The van der Waals surface area contributed by atoms with E-state index in [1.807, 2.05) is 19.9 Å². The Labute approximate surface area is 148 Å². The van der Waals surface area contributed by atoms with Gasteiger partial charge in [-0.3, -0.25) is 9.10 Å². The van der Waals surface area contributed by atoms with Gasteiger partial charge in [0, 0.05) is 19.5 Å². The van der Waals surface area contributed by atoms with Crippen LogP contribution in [-0.2, 0) is 10.0 Å². The largest absolute Gasteiger partial charge is 0.360 e. The lowest BCUT2D eigenvalue weighted by Crippen LogP contribution is -2.36. The summed E-state index contributed by atoms with van der Waals surface area (Å²) in [4.78, 5) is 12.4. The van der Waals surface area contributed by atoms with Crippen LogP contribution in [-0.4, -0.2) is 38.8 Å². The van der Waals surface area contributed by atoms with E-state index in [9.17, 15) is 13.2 Å². The highest BCUT2D eigenvalue weighted by atomic mass is 32.2. The fourth-order valence-electron chi connectivity index (χ4n) is 2.37. The van der Waals surface area contributed by atoms with Crippen molar-refractivity contribution in [3.05, 3.63) is 47.3 Å². The first-order valence-electron chi connectivity index (χ1n) is 8.00. The van der Waals surface area contributed by atoms with Gasteiger partial charge in [-0.15, -0.1) is 0 Å². The highest BCUT2D eigenvalue weighted by molar-refractivity contribution is 7.92. The number of hydrogen-bond donors (Lipinski definition) is 1. The van der Waals surface area contributed by atoms with Crippen molar-refractivity contribution < 1.29 is 17.7 Å². The number of sulfonamides is 1. The molecule has 7 nitrogen and oxygen atoms in total. The van der Waals surface area contributed by atoms with Crippen molar-refractivity contribution in [3.63, 3.8) is 0 Å². The summed E-state index contributed by atoms with van der Waals surface area (Å²) in [5.74, 6) is -0.0694. The van der Waals surface area contributed by atoms with Crippen LogP contribution in [0.5, 0.6) is 0 Å². The maximum atomic E-state index is 12.4. The summed E-state index contributed by atoms with van der Waals surface area (Å²) in [6.45, 7) is 5.48. The van der Waals surface area contributed by atoms with Crippen LogP contribution in [0.3, 0.4) is 0 Å². The maximum absolute atomic E-state index is 12.4. The van der Waals surface area contributed by atoms with Crippen LogP contribution >= 0.6 is 0 Å². The zero-order chi connectivity index (χ0) is 18.6. The summed E-state index contributed by atoms with van der Waals surface area (Å²) in [6.07, 6.45) is 0. The molecule has 1 aromatic carbocycles. The van der Waals surface area contributed by atoms with E-state index in [1.165, 1.54) is 11.4 Å². The molecule has 0 aliphatic rings. The fourth-order valence-corrected chi connectivity index (χ4v) is 3.45. The normalized spacial score (nSPS) is 11.6. The zero-order valence-corrected chi connectivity index (χ0v) is 15.6. The van der Waals surface area contributed by atoms with Gasteiger partial charge in [-0.1, -0.05) is 37.2 Å². The summed E-state index contributed by atoms with van der Waals surface area (Å²) in [6, 6.07) is 8.78. The number of nitrogens with zero attached hydrogens (tertiary/aromatic N) is 2. The molecule has 0 unspecified atom stereocenters. The Bertz CT molecular complexity index is 829. The van der Waals surface area contributed by atoms with Crippen molar-refractivity contribution in [2.24, 2.45) is 0 Å². The number of carbonyl (C=O) groups excluding carboxylic acids is 1. The molecule has 1 heterocycles. The Morgan fingerprint density at radius 1 is 1.28 bits per heavy atom. The number of nitrogens with one attached hydrogen (secondary N) is 1. The van der Waals surface area contributed by atoms with Crippen LogP contribution in [0.2, 0.25) is 0 Å². The Morgan fingerprint density at radius 2 is 1.92 bits per heavy atom. The topological polar surface area (TPSA) is 92.5 Å². The predicted octanol–water partition coefficient (Wildman–Crippen LogP) is 2.30. The van der Waals surface area contributed by atoms with E-state index in [4.69, 9.17) is 4.52 Å². The molecule has 2 rings (SSSR count). The molecule has 0 saturated heterocycles. The Hall–Kier alpha value is -2.35. The molecule has 25 heavy (non-hydrogen) atoms. The van der Waals surface area contributed by atoms with Crippen LogP contribution in [0.1, 0.15) is 41.6 Å². The van der Waals surface area contributed by atoms with Crippen LogP contribution in [0.4, 0.5) is 5.69 Å². The minimum atomic E-state index is -3.53. The number of carbonyl (C=O) groups is 1. The second-order valence-corrected chi connectivity index (χ2v) is 8.16. The van der Waals surface area contributed by atoms with Gasteiger partial charge in [-0.05, 0) is 19.1 Å². The van der Waals surface area contributed by atoms with E-state index in [-0.39, 0.29) is 24.1 Å². The zero-order valence-electron chi connectivity index (χ0n) is 14.8. The van der Waals surface area contributed by atoms with Gasteiger partial charge in [0.25, 0.3) is 5.91 Å². The molecule has 136 valence electrons. The summed E-state index contributed by atoms with van der Waals surface area (Å²) in [5, 5.41) is 6.46. The first-order valence-corrected chi connectivity index (χ1v) is 9.61. The Kier molecular flexibility index (Phi) is 5.84. The van der Waals surface area contributed by atoms with Gasteiger partial charge in [0.1, 0.15) is 5.56 Å². The van der Waals surface area contributed by atoms with E-state index in [1.54, 1.807) is 31.2 Å². The number of amides is 1. The first-order chi connectivity index (χ1) is 11.7. The van der Waals surface area contributed by atoms with E-state index < -0.39 is 10.0 Å². The van der Waals surface area contributed by atoms with E-state index >= 15 is 0 Å². The molecule has 0 saturated carbocycles. The second kappa shape index (κ2) is 7.69. The van der Waals surface area contributed by atoms with Crippen LogP contribution in [0, 0.1) is 6.92 Å². The molecular formula is C17H23N3O4S. The third-order valence-corrected chi connectivity index (χ3v) is 5.59. The van der Waals surface area contributed by atoms with Crippen molar-refractivity contribution in [1.82, 2.24) is 10.5 Å². The first kappa shape index (κ1) is 19.0. The van der Waals surface area contributed by atoms with Crippen LogP contribution in [0.25, 0.3) is 0 Å². The van der Waals surface area contributed by atoms with Crippen LogP contribution < -0.4 is 9.62 Å². The maximum Gasteiger partial charge on any atom is 0.256 e. The van der Waals surface area contributed by atoms with Crippen molar-refractivity contribution >= 4 is 21.6 Å². The van der Waals surface area contributed by atoms with Gasteiger partial charge < -0.3 is 9.84 Å². The molecule has 1 N–H and O–H groups in total. The standard InChI is InChI=1S/C17H23N3O4S/c1-12(2)16-15(13(3)19-24-16)17(21)18-10-11-25(22,23)20(4)14-8-6-5-7-9-14/h5-9,12H,10-11H2,1-4H3,(H,18,21). The summed E-state index contributed by atoms with van der Waals surface area (Å²) in [5.41, 5.74) is 1.44. The summed E-state index contributed by atoms with van der Waals surface area (Å²) in [7, 11) is -2.04. The molecule has 0 aliphatic heterocycles. The second-order valence-electron chi connectivity index (χ2n) is 6.04. The lowest BCUT2D eigenvalue weighted by Gasteiger charge is -2.19. The lowest BCUT2D eigenvalue weighted by molar-refractivity contribution is 0.0953. The predicted molar refractivity (Wildman–Crippen MR) is 96.3 cm³/mol. The number of aromatic nitrogens is 1. The molecule has 0 aliphatic carbocycles. The molecule has 2 aromatic rings. The van der Waals surface area contributed by atoms with Gasteiger partial charge in [0.05, 0.1) is 17.1 Å². The number of aryl methyl sites for hydroxylation is 1. The minimum absolute atomic E-state index is 0.000492. The van der Waals surface area contributed by atoms with E-state index in [0.717, 1.165) is 0 Å². The van der Waals surface area contributed by atoms with Gasteiger partial charge in [0.2, 0.25) is 10.0 Å². The van der Waals surface area contributed by atoms with Crippen molar-refractivity contribution in [2.75, 3.05) is 23.7 Å². The van der Waals surface area contributed by atoms with Crippen molar-refractivity contribution in [2.45, 2.75) is 26.7 Å². The van der Waals surface area contributed by atoms with Crippen molar-refractivity contribution in [3.8, 4) is 0 Å². The molecule has 0 atom stereocenters. The molecule has 0 spiro atoms. The van der Waals surface area contributed by atoms with Gasteiger partial charge in [0.15, 0.2) is 5.76 Å². The minimum Gasteiger partial charge on any atom is -0.360 e. The summed E-state index contributed by atoms with van der Waals surface area (Å²) >= 11 is 0. The van der Waals surface area contributed by atoms with Crippen molar-refractivity contribution in [1.29, 1.82) is 0 Å². The fraction of sp³-hybridized carbons (Fsp3) is 0.412. The lowest BCUT2D eigenvalue weighted by atomic mass is 10.0. The Balaban J connectivity index is 2.00. The molecule has 8 heteroatoms. The number of rotatable bonds is 7. The smallest absolute Gasteiger partial charge is 0.256 e. The SMILES string of the molecule is Cc1noc(C(C)C)c1C(=O)NCCS(=O)(=O)N(C)c1ccccc1. The number of hydrogen-bond acceptors (Lipinski definition) is 5. The molecule has 1 aromatic heterocycles.